The Morgan fingerprint density at radius 1 is 1.23 bits per heavy atom. The number of halogens is 1. The lowest BCUT2D eigenvalue weighted by Gasteiger charge is -2.19. The largest absolute Gasteiger partial charge is 0.454 e. The number of benzene rings is 1. The third-order valence-electron chi connectivity index (χ3n) is 5.06. The van der Waals surface area contributed by atoms with Gasteiger partial charge in [-0.05, 0) is 42.4 Å². The third kappa shape index (κ3) is 2.63. The molecule has 1 aromatic rings. The highest BCUT2D eigenvalue weighted by molar-refractivity contribution is 5.85. The van der Waals surface area contributed by atoms with Crippen LogP contribution in [0, 0.1) is 11.8 Å². The summed E-state index contributed by atoms with van der Waals surface area (Å²) in [5.41, 5.74) is 7.11. The minimum absolute atomic E-state index is 0. The van der Waals surface area contributed by atoms with Gasteiger partial charge >= 0.3 is 0 Å². The van der Waals surface area contributed by atoms with Gasteiger partial charge in [0.15, 0.2) is 11.5 Å². The van der Waals surface area contributed by atoms with Crippen molar-refractivity contribution < 1.29 is 14.3 Å². The van der Waals surface area contributed by atoms with Gasteiger partial charge in [0.2, 0.25) is 12.7 Å². The number of rotatable bonds is 2. The van der Waals surface area contributed by atoms with Crippen molar-refractivity contribution in [3.05, 3.63) is 23.8 Å². The lowest BCUT2D eigenvalue weighted by atomic mass is 9.98. The van der Waals surface area contributed by atoms with Gasteiger partial charge in [-0.15, -0.1) is 12.4 Å². The summed E-state index contributed by atoms with van der Waals surface area (Å²) in [6.07, 6.45) is 2.70. The van der Waals surface area contributed by atoms with Crippen molar-refractivity contribution in [1.82, 2.24) is 4.90 Å². The van der Waals surface area contributed by atoms with Gasteiger partial charge in [-0.3, -0.25) is 4.79 Å². The number of amides is 1. The fraction of sp³-hybridized carbons (Fsp3) is 0.562. The summed E-state index contributed by atoms with van der Waals surface area (Å²) in [6, 6.07) is 5.99. The SMILES string of the molecule is Cl.NC1CCC2CN(C(=O)Cc3ccc4c(c3)OCO4)CC12. The van der Waals surface area contributed by atoms with E-state index in [1.807, 2.05) is 23.1 Å². The van der Waals surface area contributed by atoms with Crippen LogP contribution in [-0.2, 0) is 11.2 Å². The summed E-state index contributed by atoms with van der Waals surface area (Å²) in [4.78, 5) is 14.5. The van der Waals surface area contributed by atoms with Crippen LogP contribution in [-0.4, -0.2) is 36.7 Å². The quantitative estimate of drug-likeness (QED) is 0.897. The summed E-state index contributed by atoms with van der Waals surface area (Å²) in [6.45, 7) is 1.97. The fourth-order valence-electron chi connectivity index (χ4n) is 3.85. The van der Waals surface area contributed by atoms with Crippen LogP contribution in [0.1, 0.15) is 18.4 Å². The molecule has 0 bridgehead atoms. The Morgan fingerprint density at radius 3 is 2.86 bits per heavy atom. The summed E-state index contributed by atoms with van der Waals surface area (Å²) in [7, 11) is 0. The molecule has 4 rings (SSSR count). The van der Waals surface area contributed by atoms with Crippen molar-refractivity contribution in [2.24, 2.45) is 17.6 Å². The standard InChI is InChI=1S/C16H20N2O3.ClH/c17-13-3-2-11-7-18(8-12(11)13)16(19)6-10-1-4-14-15(5-10)21-9-20-14;/h1,4-5,11-13H,2-3,6-9,17H2;1H. The number of nitrogens with zero attached hydrogens (tertiary/aromatic N) is 1. The van der Waals surface area contributed by atoms with Crippen LogP contribution < -0.4 is 15.2 Å². The van der Waals surface area contributed by atoms with Crippen molar-refractivity contribution in [2.45, 2.75) is 25.3 Å². The summed E-state index contributed by atoms with van der Waals surface area (Å²) in [5.74, 6) is 2.80. The van der Waals surface area contributed by atoms with E-state index in [-0.39, 0.29) is 31.1 Å². The summed E-state index contributed by atoms with van der Waals surface area (Å²) >= 11 is 0. The van der Waals surface area contributed by atoms with Gasteiger partial charge in [0.05, 0.1) is 6.42 Å². The summed E-state index contributed by atoms with van der Waals surface area (Å²) < 4.78 is 10.6. The highest BCUT2D eigenvalue weighted by atomic mass is 35.5. The van der Waals surface area contributed by atoms with E-state index < -0.39 is 0 Å². The Kier molecular flexibility index (Phi) is 4.19. The minimum atomic E-state index is 0. The van der Waals surface area contributed by atoms with Crippen molar-refractivity contribution in [1.29, 1.82) is 0 Å². The number of fused-ring (bicyclic) bond motifs is 2. The van der Waals surface area contributed by atoms with E-state index in [0.717, 1.165) is 36.6 Å². The number of hydrogen-bond acceptors (Lipinski definition) is 4. The lowest BCUT2D eigenvalue weighted by Crippen LogP contribution is -2.34. The number of likely N-dealkylation sites (tertiary alicyclic amines) is 1. The van der Waals surface area contributed by atoms with E-state index in [9.17, 15) is 4.79 Å². The molecule has 2 fully saturated rings. The first-order chi connectivity index (χ1) is 10.2. The summed E-state index contributed by atoms with van der Waals surface area (Å²) in [5, 5.41) is 0. The van der Waals surface area contributed by atoms with Gasteiger partial charge in [0, 0.05) is 19.1 Å². The van der Waals surface area contributed by atoms with Gasteiger partial charge in [-0.1, -0.05) is 6.07 Å². The van der Waals surface area contributed by atoms with E-state index in [1.165, 1.54) is 6.42 Å². The second-order valence-corrected chi connectivity index (χ2v) is 6.33. The van der Waals surface area contributed by atoms with Crippen LogP contribution in [0.15, 0.2) is 18.2 Å². The number of hydrogen-bond donors (Lipinski definition) is 1. The molecule has 0 radical (unpaired) electrons. The van der Waals surface area contributed by atoms with Crippen molar-refractivity contribution >= 4 is 18.3 Å². The monoisotopic (exact) mass is 324 g/mol. The molecule has 5 nitrogen and oxygen atoms in total. The maximum Gasteiger partial charge on any atom is 0.231 e. The molecule has 22 heavy (non-hydrogen) atoms. The molecule has 1 aromatic carbocycles. The Balaban J connectivity index is 0.00000144. The molecule has 2 heterocycles. The van der Waals surface area contributed by atoms with E-state index in [4.69, 9.17) is 15.2 Å². The highest BCUT2D eigenvalue weighted by Gasteiger charge is 2.42. The second kappa shape index (κ2) is 5.97. The number of carbonyl (C=O) groups is 1. The minimum Gasteiger partial charge on any atom is -0.454 e. The average Bonchev–Trinajstić information content (AvgIpc) is 3.16. The zero-order valence-corrected chi connectivity index (χ0v) is 13.2. The maximum absolute atomic E-state index is 12.5. The number of nitrogens with two attached hydrogens (primary N) is 1. The van der Waals surface area contributed by atoms with Crippen LogP contribution in [0.25, 0.3) is 0 Å². The topological polar surface area (TPSA) is 64.8 Å². The first-order valence-corrected chi connectivity index (χ1v) is 7.62. The van der Waals surface area contributed by atoms with Crippen LogP contribution in [0.2, 0.25) is 0 Å². The van der Waals surface area contributed by atoms with E-state index >= 15 is 0 Å². The molecule has 1 aliphatic carbocycles. The lowest BCUT2D eigenvalue weighted by molar-refractivity contribution is -0.129. The first kappa shape index (κ1) is 15.4. The third-order valence-corrected chi connectivity index (χ3v) is 5.06. The molecule has 2 aliphatic heterocycles. The smallest absolute Gasteiger partial charge is 0.231 e. The molecule has 120 valence electrons. The molecule has 3 aliphatic rings. The van der Waals surface area contributed by atoms with Crippen molar-refractivity contribution in [3.63, 3.8) is 0 Å². The zero-order valence-electron chi connectivity index (χ0n) is 12.4. The van der Waals surface area contributed by atoms with E-state index in [0.29, 0.717) is 18.3 Å². The molecule has 6 heteroatoms. The van der Waals surface area contributed by atoms with Gasteiger partial charge < -0.3 is 20.1 Å². The number of ether oxygens (including phenoxy) is 2. The normalized spacial score (nSPS) is 28.4. The van der Waals surface area contributed by atoms with Crippen molar-refractivity contribution in [3.8, 4) is 11.5 Å². The molecule has 1 amide bonds. The van der Waals surface area contributed by atoms with E-state index in [1.54, 1.807) is 0 Å². The predicted octanol–water partition coefficient (Wildman–Crippen LogP) is 1.58. The Morgan fingerprint density at radius 2 is 2.05 bits per heavy atom. The van der Waals surface area contributed by atoms with Gasteiger partial charge in [0.25, 0.3) is 0 Å². The second-order valence-electron chi connectivity index (χ2n) is 6.33. The number of carbonyl (C=O) groups excluding carboxylic acids is 1. The molecular weight excluding hydrogens is 304 g/mol. The van der Waals surface area contributed by atoms with E-state index in [2.05, 4.69) is 0 Å². The Labute approximate surface area is 136 Å². The van der Waals surface area contributed by atoms with Gasteiger partial charge in [-0.25, -0.2) is 0 Å². The molecule has 0 spiro atoms. The molecule has 3 unspecified atom stereocenters. The molecular formula is C16H21ClN2O3. The first-order valence-electron chi connectivity index (χ1n) is 7.62. The molecule has 0 aromatic heterocycles. The predicted molar refractivity (Wildman–Crippen MR) is 84.3 cm³/mol. The van der Waals surface area contributed by atoms with Crippen LogP contribution in [0.3, 0.4) is 0 Å². The fourth-order valence-corrected chi connectivity index (χ4v) is 3.85. The van der Waals surface area contributed by atoms with Crippen LogP contribution in [0.4, 0.5) is 0 Å². The molecule has 1 saturated carbocycles. The average molecular weight is 325 g/mol. The molecule has 3 atom stereocenters. The van der Waals surface area contributed by atoms with Gasteiger partial charge in [-0.2, -0.15) is 0 Å². The highest BCUT2D eigenvalue weighted by Crippen LogP contribution is 2.37. The Hall–Kier alpha value is -1.46. The van der Waals surface area contributed by atoms with Crippen LogP contribution >= 0.6 is 12.4 Å². The maximum atomic E-state index is 12.5. The molecule has 2 N–H and O–H groups in total. The Bertz CT molecular complexity index is 581. The van der Waals surface area contributed by atoms with Crippen LogP contribution in [0.5, 0.6) is 11.5 Å². The zero-order chi connectivity index (χ0) is 14.4. The molecule has 1 saturated heterocycles. The van der Waals surface area contributed by atoms with Gasteiger partial charge in [0.1, 0.15) is 0 Å². The van der Waals surface area contributed by atoms with Crippen molar-refractivity contribution in [2.75, 3.05) is 19.9 Å².